The van der Waals surface area contributed by atoms with Crippen LogP contribution in [-0.4, -0.2) is 11.7 Å². The van der Waals surface area contributed by atoms with E-state index in [9.17, 15) is 9.50 Å². The monoisotopic (exact) mass is 218 g/mol. The van der Waals surface area contributed by atoms with Crippen LogP contribution in [0.4, 0.5) is 4.39 Å². The normalized spacial score (nSPS) is 12.9. The van der Waals surface area contributed by atoms with Crippen molar-refractivity contribution in [2.24, 2.45) is 11.5 Å². The summed E-state index contributed by atoms with van der Waals surface area (Å²) < 4.78 is 12.9. The molecule has 1 atom stereocenters. The van der Waals surface area contributed by atoms with Crippen molar-refractivity contribution in [2.75, 3.05) is 6.54 Å². The second kappa shape index (κ2) is 4.59. The summed E-state index contributed by atoms with van der Waals surface area (Å²) in [6.07, 6.45) is 0.509. The molecule has 0 spiro atoms. The summed E-state index contributed by atoms with van der Waals surface area (Å²) in [5.74, 6) is -0.958. The molecule has 0 fully saturated rings. The number of hydrogen-bond acceptors (Lipinski definition) is 3. The van der Waals surface area contributed by atoms with Crippen LogP contribution in [-0.2, 0) is 0 Å². The standard InChI is InChI=1S/C9H12ClFN2O/c10-8-6(11)2-1-5(9(8)14)7(13)3-4-12/h1-2,7,14H,3-4,12-13H2/t7-/m0/s1. The van der Waals surface area contributed by atoms with E-state index in [4.69, 9.17) is 23.1 Å². The SMILES string of the molecule is NCC[C@H](N)c1ccc(F)c(Cl)c1O. The zero-order chi connectivity index (χ0) is 10.7. The molecule has 1 rings (SSSR count). The van der Waals surface area contributed by atoms with Crippen molar-refractivity contribution in [1.29, 1.82) is 0 Å². The molecule has 0 aliphatic carbocycles. The van der Waals surface area contributed by atoms with Crippen LogP contribution in [0.3, 0.4) is 0 Å². The first-order chi connectivity index (χ1) is 6.57. The predicted octanol–water partition coefficient (Wildman–Crippen LogP) is 1.53. The van der Waals surface area contributed by atoms with Gasteiger partial charge in [0.25, 0.3) is 0 Å². The van der Waals surface area contributed by atoms with Crippen LogP contribution >= 0.6 is 11.6 Å². The molecule has 0 aromatic heterocycles. The van der Waals surface area contributed by atoms with E-state index in [0.29, 0.717) is 18.5 Å². The molecule has 0 radical (unpaired) electrons. The highest BCUT2D eigenvalue weighted by Gasteiger charge is 2.15. The van der Waals surface area contributed by atoms with Gasteiger partial charge >= 0.3 is 0 Å². The molecule has 0 unspecified atom stereocenters. The summed E-state index contributed by atoms with van der Waals surface area (Å²) in [7, 11) is 0. The predicted molar refractivity (Wildman–Crippen MR) is 53.7 cm³/mol. The van der Waals surface area contributed by atoms with Crippen LogP contribution in [0.1, 0.15) is 18.0 Å². The van der Waals surface area contributed by atoms with Crippen molar-refractivity contribution in [2.45, 2.75) is 12.5 Å². The molecule has 0 saturated heterocycles. The summed E-state index contributed by atoms with van der Waals surface area (Å²) in [5.41, 5.74) is 11.4. The number of nitrogens with two attached hydrogens (primary N) is 2. The maximum absolute atomic E-state index is 12.9. The van der Waals surface area contributed by atoms with Crippen LogP contribution in [0, 0.1) is 5.82 Å². The fourth-order valence-electron chi connectivity index (χ4n) is 1.19. The van der Waals surface area contributed by atoms with Crippen molar-refractivity contribution in [3.8, 4) is 5.75 Å². The van der Waals surface area contributed by atoms with Gasteiger partial charge in [-0.05, 0) is 19.0 Å². The Morgan fingerprint density at radius 2 is 2.14 bits per heavy atom. The Bertz CT molecular complexity index is 333. The summed E-state index contributed by atoms with van der Waals surface area (Å²) in [4.78, 5) is 0. The molecular weight excluding hydrogens is 207 g/mol. The first-order valence-corrected chi connectivity index (χ1v) is 4.58. The smallest absolute Gasteiger partial charge is 0.145 e. The molecule has 0 aliphatic heterocycles. The molecule has 5 N–H and O–H groups in total. The number of rotatable bonds is 3. The Balaban J connectivity index is 3.04. The minimum atomic E-state index is -0.659. The quantitative estimate of drug-likeness (QED) is 0.721. The van der Waals surface area contributed by atoms with Crippen LogP contribution in [0.25, 0.3) is 0 Å². The number of hydrogen-bond donors (Lipinski definition) is 3. The third-order valence-corrected chi connectivity index (χ3v) is 2.34. The van der Waals surface area contributed by atoms with Crippen molar-refractivity contribution >= 4 is 11.6 Å². The lowest BCUT2D eigenvalue weighted by Gasteiger charge is -2.13. The topological polar surface area (TPSA) is 72.3 Å². The first kappa shape index (κ1) is 11.2. The van der Waals surface area contributed by atoms with E-state index in [0.717, 1.165) is 0 Å². The fourth-order valence-corrected chi connectivity index (χ4v) is 1.36. The maximum Gasteiger partial charge on any atom is 0.145 e. The molecular formula is C9H12ClFN2O. The van der Waals surface area contributed by atoms with E-state index in [2.05, 4.69) is 0 Å². The van der Waals surface area contributed by atoms with E-state index in [1.807, 2.05) is 0 Å². The van der Waals surface area contributed by atoms with Gasteiger partial charge in [-0.1, -0.05) is 17.7 Å². The molecule has 78 valence electrons. The van der Waals surface area contributed by atoms with Crippen molar-refractivity contribution in [3.63, 3.8) is 0 Å². The van der Waals surface area contributed by atoms with Gasteiger partial charge in [0.05, 0.1) is 0 Å². The van der Waals surface area contributed by atoms with E-state index in [1.165, 1.54) is 12.1 Å². The van der Waals surface area contributed by atoms with Crippen molar-refractivity contribution in [3.05, 3.63) is 28.5 Å². The maximum atomic E-state index is 12.9. The summed E-state index contributed by atoms with van der Waals surface area (Å²) in [5, 5.41) is 9.19. The lowest BCUT2D eigenvalue weighted by atomic mass is 10.0. The summed E-state index contributed by atoms with van der Waals surface area (Å²) >= 11 is 5.52. The highest BCUT2D eigenvalue weighted by atomic mass is 35.5. The Labute approximate surface area is 86.5 Å². The second-order valence-electron chi connectivity index (χ2n) is 2.98. The van der Waals surface area contributed by atoms with Crippen LogP contribution in [0.15, 0.2) is 12.1 Å². The minimum absolute atomic E-state index is 0.296. The van der Waals surface area contributed by atoms with Gasteiger partial charge < -0.3 is 16.6 Å². The van der Waals surface area contributed by atoms with Crippen LogP contribution in [0.5, 0.6) is 5.75 Å². The van der Waals surface area contributed by atoms with Gasteiger partial charge in [0.15, 0.2) is 0 Å². The molecule has 5 heteroatoms. The highest BCUT2D eigenvalue weighted by Crippen LogP contribution is 2.33. The van der Waals surface area contributed by atoms with Gasteiger partial charge in [-0.2, -0.15) is 0 Å². The Morgan fingerprint density at radius 3 is 2.71 bits per heavy atom. The van der Waals surface area contributed by atoms with Gasteiger partial charge in [-0.3, -0.25) is 0 Å². The van der Waals surface area contributed by atoms with Gasteiger partial charge in [0.2, 0.25) is 0 Å². The number of halogens is 2. The zero-order valence-electron chi connectivity index (χ0n) is 7.50. The minimum Gasteiger partial charge on any atom is -0.506 e. The van der Waals surface area contributed by atoms with Gasteiger partial charge in [0, 0.05) is 11.6 Å². The lowest BCUT2D eigenvalue weighted by molar-refractivity contribution is 0.453. The van der Waals surface area contributed by atoms with Crippen molar-refractivity contribution < 1.29 is 9.50 Å². The average molecular weight is 219 g/mol. The van der Waals surface area contributed by atoms with Crippen LogP contribution < -0.4 is 11.5 Å². The Kier molecular flexibility index (Phi) is 3.69. The van der Waals surface area contributed by atoms with Crippen molar-refractivity contribution in [1.82, 2.24) is 0 Å². The third kappa shape index (κ3) is 2.15. The Morgan fingerprint density at radius 1 is 1.50 bits per heavy atom. The molecule has 1 aromatic rings. The van der Waals surface area contributed by atoms with Gasteiger partial charge in [-0.15, -0.1) is 0 Å². The molecule has 0 heterocycles. The largest absolute Gasteiger partial charge is 0.506 e. The van der Waals surface area contributed by atoms with E-state index < -0.39 is 11.9 Å². The summed E-state index contributed by atoms with van der Waals surface area (Å²) in [6, 6.07) is 2.17. The molecule has 1 aromatic carbocycles. The van der Waals surface area contributed by atoms with Crippen LogP contribution in [0.2, 0.25) is 5.02 Å². The third-order valence-electron chi connectivity index (χ3n) is 1.98. The molecule has 14 heavy (non-hydrogen) atoms. The molecule has 0 bridgehead atoms. The average Bonchev–Trinajstić information content (AvgIpc) is 2.15. The number of phenols is 1. The lowest BCUT2D eigenvalue weighted by Crippen LogP contribution is -2.15. The highest BCUT2D eigenvalue weighted by molar-refractivity contribution is 6.32. The van der Waals surface area contributed by atoms with E-state index >= 15 is 0 Å². The first-order valence-electron chi connectivity index (χ1n) is 4.20. The van der Waals surface area contributed by atoms with E-state index in [-0.39, 0.29) is 10.8 Å². The number of aromatic hydroxyl groups is 1. The number of benzene rings is 1. The van der Waals surface area contributed by atoms with Gasteiger partial charge in [0.1, 0.15) is 16.6 Å². The number of phenolic OH excluding ortho intramolecular Hbond substituents is 1. The second-order valence-corrected chi connectivity index (χ2v) is 3.36. The molecule has 3 nitrogen and oxygen atoms in total. The Hall–Kier alpha value is -0.840. The molecule has 0 saturated carbocycles. The molecule has 0 amide bonds. The fraction of sp³-hybridized carbons (Fsp3) is 0.333. The van der Waals surface area contributed by atoms with E-state index in [1.54, 1.807) is 0 Å². The molecule has 0 aliphatic rings. The van der Waals surface area contributed by atoms with Gasteiger partial charge in [-0.25, -0.2) is 4.39 Å². The zero-order valence-corrected chi connectivity index (χ0v) is 8.26. The summed E-state index contributed by atoms with van der Waals surface area (Å²) in [6.45, 7) is 0.398.